The van der Waals surface area contributed by atoms with Gasteiger partial charge in [-0.15, -0.1) is 11.3 Å². The molecule has 2 aliphatic rings. The van der Waals surface area contributed by atoms with Gasteiger partial charge >= 0.3 is 12.1 Å². The smallest absolute Gasteiger partial charge is 0.416 e. The molecule has 5 rings (SSSR count). The summed E-state index contributed by atoms with van der Waals surface area (Å²) in [4.78, 5) is 32.0. The van der Waals surface area contributed by atoms with Crippen LogP contribution in [0.3, 0.4) is 0 Å². The zero-order valence-corrected chi connectivity index (χ0v) is 17.8. The number of alkyl halides is 3. The molecule has 1 saturated heterocycles. The van der Waals surface area contributed by atoms with Crippen LogP contribution in [0.5, 0.6) is 0 Å². The van der Waals surface area contributed by atoms with Crippen molar-refractivity contribution in [1.82, 2.24) is 9.55 Å². The lowest BCUT2D eigenvalue weighted by molar-refractivity contribution is -0.138. The molecule has 5 nitrogen and oxygen atoms in total. The van der Waals surface area contributed by atoms with E-state index in [1.807, 2.05) is 0 Å². The van der Waals surface area contributed by atoms with Crippen molar-refractivity contribution in [1.29, 1.82) is 0 Å². The summed E-state index contributed by atoms with van der Waals surface area (Å²) in [5.74, 6) is -0.402. The number of carbonyl (C=O) groups excluding carboxylic acids is 1. The zero-order valence-electron chi connectivity index (χ0n) is 16.2. The highest BCUT2D eigenvalue weighted by Crippen LogP contribution is 2.37. The number of aryl methyl sites for hydroxylation is 2. The Kier molecular flexibility index (Phi) is 5.09. The van der Waals surface area contributed by atoms with Gasteiger partial charge < -0.3 is 4.74 Å². The van der Waals surface area contributed by atoms with E-state index < -0.39 is 28.5 Å². The third-order valence-electron chi connectivity index (χ3n) is 5.52. The van der Waals surface area contributed by atoms with Crippen LogP contribution in [-0.2, 0) is 28.5 Å². The molecule has 10 heteroatoms. The number of thiophene rings is 1. The molecule has 1 aliphatic carbocycles. The van der Waals surface area contributed by atoms with Gasteiger partial charge in [0.15, 0.2) is 5.16 Å². The number of benzene rings is 1. The van der Waals surface area contributed by atoms with Crippen LogP contribution in [0.2, 0.25) is 0 Å². The van der Waals surface area contributed by atoms with Gasteiger partial charge in [0.1, 0.15) is 10.1 Å². The van der Waals surface area contributed by atoms with Crippen LogP contribution in [0.25, 0.3) is 15.9 Å². The lowest BCUT2D eigenvalue weighted by Crippen LogP contribution is -2.24. The van der Waals surface area contributed by atoms with Gasteiger partial charge in [-0.05, 0) is 49.4 Å². The molecule has 1 atom stereocenters. The summed E-state index contributed by atoms with van der Waals surface area (Å²) >= 11 is 2.54. The number of esters is 1. The minimum absolute atomic E-state index is 0.0823. The van der Waals surface area contributed by atoms with Crippen LogP contribution in [0.4, 0.5) is 13.2 Å². The Morgan fingerprint density at radius 2 is 2.00 bits per heavy atom. The molecule has 0 saturated carbocycles. The first kappa shape index (κ1) is 20.6. The fourth-order valence-electron chi connectivity index (χ4n) is 4.03. The Labute approximate surface area is 183 Å². The van der Waals surface area contributed by atoms with Crippen LogP contribution in [0.15, 0.2) is 34.2 Å². The van der Waals surface area contributed by atoms with E-state index in [-0.39, 0.29) is 17.5 Å². The molecule has 0 amide bonds. The normalized spacial score (nSPS) is 18.9. The largest absolute Gasteiger partial charge is 0.465 e. The first-order chi connectivity index (χ1) is 14.8. The molecule has 0 unspecified atom stereocenters. The van der Waals surface area contributed by atoms with Gasteiger partial charge in [-0.1, -0.05) is 17.8 Å². The Balaban J connectivity index is 1.74. The molecule has 2 aromatic heterocycles. The van der Waals surface area contributed by atoms with Crippen LogP contribution in [0.1, 0.15) is 35.3 Å². The highest BCUT2D eigenvalue weighted by atomic mass is 32.2. The fourth-order valence-corrected chi connectivity index (χ4v) is 6.41. The van der Waals surface area contributed by atoms with E-state index in [2.05, 4.69) is 4.98 Å². The second-order valence-corrected chi connectivity index (χ2v) is 9.79. The molecule has 1 aliphatic heterocycles. The van der Waals surface area contributed by atoms with Gasteiger partial charge in [-0.2, -0.15) is 13.2 Å². The highest BCUT2D eigenvalue weighted by Gasteiger charge is 2.33. The summed E-state index contributed by atoms with van der Waals surface area (Å²) in [6.45, 7) is 0.278. The number of hydrogen-bond donors (Lipinski definition) is 0. The lowest BCUT2D eigenvalue weighted by Gasteiger charge is -2.16. The maximum atomic E-state index is 13.6. The molecule has 0 N–H and O–H groups in total. The molecule has 1 aromatic carbocycles. The summed E-state index contributed by atoms with van der Waals surface area (Å²) in [5.41, 5.74) is -0.196. The topological polar surface area (TPSA) is 61.2 Å². The SMILES string of the molecule is O=C1OCC[C@H]1Sc1nc2sc3c(c2c(=O)n1-c1cccc(C(F)(F)F)c1)CCCC3. The highest BCUT2D eigenvalue weighted by molar-refractivity contribution is 8.00. The predicted molar refractivity (Wildman–Crippen MR) is 112 cm³/mol. The van der Waals surface area contributed by atoms with Crippen molar-refractivity contribution in [2.75, 3.05) is 6.61 Å². The minimum Gasteiger partial charge on any atom is -0.465 e. The first-order valence-electron chi connectivity index (χ1n) is 9.91. The van der Waals surface area contributed by atoms with Crippen LogP contribution in [-0.4, -0.2) is 27.4 Å². The Bertz CT molecular complexity index is 1250. The van der Waals surface area contributed by atoms with Crippen molar-refractivity contribution >= 4 is 39.3 Å². The van der Waals surface area contributed by atoms with E-state index >= 15 is 0 Å². The molecule has 0 bridgehead atoms. The van der Waals surface area contributed by atoms with Gasteiger partial charge in [-0.25, -0.2) is 4.98 Å². The summed E-state index contributed by atoms with van der Waals surface area (Å²) < 4.78 is 46.2. The summed E-state index contributed by atoms with van der Waals surface area (Å²) in [6, 6.07) is 4.65. The quantitative estimate of drug-likeness (QED) is 0.412. The van der Waals surface area contributed by atoms with Crippen molar-refractivity contribution in [2.24, 2.45) is 0 Å². The predicted octanol–water partition coefficient (Wildman–Crippen LogP) is 4.75. The van der Waals surface area contributed by atoms with Crippen LogP contribution < -0.4 is 5.56 Å². The van der Waals surface area contributed by atoms with E-state index in [0.29, 0.717) is 16.6 Å². The van der Waals surface area contributed by atoms with Crippen molar-refractivity contribution < 1.29 is 22.7 Å². The molecular weight excluding hydrogens is 449 g/mol. The molecule has 3 heterocycles. The number of nitrogens with zero attached hydrogens (tertiary/aromatic N) is 2. The Morgan fingerprint density at radius 3 is 2.74 bits per heavy atom. The van der Waals surface area contributed by atoms with Crippen LogP contribution in [0, 0.1) is 0 Å². The van der Waals surface area contributed by atoms with Crippen LogP contribution >= 0.6 is 23.1 Å². The van der Waals surface area contributed by atoms with Gasteiger partial charge in [0.2, 0.25) is 0 Å². The van der Waals surface area contributed by atoms with Gasteiger partial charge in [0.05, 0.1) is 23.2 Å². The van der Waals surface area contributed by atoms with Gasteiger partial charge in [-0.3, -0.25) is 14.2 Å². The lowest BCUT2D eigenvalue weighted by atomic mass is 9.97. The number of hydrogen-bond acceptors (Lipinski definition) is 6. The van der Waals surface area contributed by atoms with Crippen molar-refractivity contribution in [3.63, 3.8) is 0 Å². The van der Waals surface area contributed by atoms with E-state index in [1.165, 1.54) is 28.0 Å². The molecule has 31 heavy (non-hydrogen) atoms. The number of carbonyl (C=O) groups is 1. The zero-order chi connectivity index (χ0) is 21.8. The second kappa shape index (κ2) is 7.67. The molecule has 0 spiro atoms. The number of aromatic nitrogens is 2. The number of ether oxygens (including phenoxy) is 1. The molecular formula is C21H17F3N2O3S2. The minimum atomic E-state index is -4.54. The average molecular weight is 467 g/mol. The summed E-state index contributed by atoms with van der Waals surface area (Å²) in [7, 11) is 0. The molecule has 162 valence electrons. The maximum absolute atomic E-state index is 13.6. The average Bonchev–Trinajstić information content (AvgIpc) is 3.30. The van der Waals surface area contributed by atoms with E-state index in [0.717, 1.165) is 60.0 Å². The third-order valence-corrected chi connectivity index (χ3v) is 7.91. The van der Waals surface area contributed by atoms with Gasteiger partial charge in [0.25, 0.3) is 5.56 Å². The van der Waals surface area contributed by atoms with Crippen molar-refractivity contribution in [3.8, 4) is 5.69 Å². The van der Waals surface area contributed by atoms with Gasteiger partial charge in [0, 0.05) is 11.3 Å². The number of halogens is 3. The second-order valence-electron chi connectivity index (χ2n) is 7.54. The molecule has 0 radical (unpaired) electrons. The standard InChI is InChI=1S/C21H17F3N2O3S2/c22-21(23,24)11-4-3-5-12(10-11)26-18(27)16-13-6-1-2-7-14(13)30-17(16)25-20(26)31-15-8-9-29-19(15)28/h3-5,10,15H,1-2,6-9H2/t15-/m1/s1. The first-order valence-corrected chi connectivity index (χ1v) is 11.6. The van der Waals surface area contributed by atoms with Crippen molar-refractivity contribution in [2.45, 2.75) is 48.7 Å². The van der Waals surface area contributed by atoms with E-state index in [4.69, 9.17) is 4.74 Å². The number of cyclic esters (lactones) is 1. The number of thioether (sulfide) groups is 1. The van der Waals surface area contributed by atoms with E-state index in [1.54, 1.807) is 0 Å². The molecule has 1 fully saturated rings. The summed E-state index contributed by atoms with van der Waals surface area (Å²) in [6.07, 6.45) is -0.446. The van der Waals surface area contributed by atoms with Crippen molar-refractivity contribution in [3.05, 3.63) is 50.6 Å². The maximum Gasteiger partial charge on any atom is 0.416 e. The fraction of sp³-hybridized carbons (Fsp3) is 0.381. The monoisotopic (exact) mass is 466 g/mol. The Hall–Kier alpha value is -2.33. The number of fused-ring (bicyclic) bond motifs is 3. The Morgan fingerprint density at radius 1 is 1.19 bits per heavy atom. The third kappa shape index (κ3) is 3.65. The number of rotatable bonds is 3. The molecule has 3 aromatic rings. The van der Waals surface area contributed by atoms with E-state index in [9.17, 15) is 22.8 Å². The summed E-state index contributed by atoms with van der Waals surface area (Å²) in [5, 5.41) is 0.144.